The van der Waals surface area contributed by atoms with Crippen molar-refractivity contribution in [3.05, 3.63) is 23.8 Å². The van der Waals surface area contributed by atoms with Gasteiger partial charge in [0.05, 0.1) is 0 Å². The number of nitrogens with zero attached hydrogens (tertiary/aromatic N) is 3. The van der Waals surface area contributed by atoms with E-state index in [4.69, 9.17) is 0 Å². The molecule has 0 N–H and O–H groups in total. The summed E-state index contributed by atoms with van der Waals surface area (Å²) in [6.45, 7) is 20.8. The van der Waals surface area contributed by atoms with Crippen LogP contribution in [0, 0.1) is 10.8 Å². The molecular formula is C29H49N3. The molecule has 3 aliphatic rings. The van der Waals surface area contributed by atoms with Crippen molar-refractivity contribution >= 4 is 11.4 Å². The highest BCUT2D eigenvalue weighted by molar-refractivity contribution is 5.63. The van der Waals surface area contributed by atoms with Gasteiger partial charge in [0.15, 0.2) is 0 Å². The standard InChI is InChI=1S/C29H49N3/c1-6-13-30-16-18-32(19-17-30)27-12-11-25(31-14-9-7-8-10-15-31)20-26(27)24-21-28(2,3)23-29(4,5)22-24/h11-12,20,24H,6-10,13-19,21-23H2,1-5H3. The first-order valence-electron chi connectivity index (χ1n) is 13.6. The van der Waals surface area contributed by atoms with Gasteiger partial charge in [0.25, 0.3) is 0 Å². The Balaban J connectivity index is 1.65. The van der Waals surface area contributed by atoms with E-state index in [9.17, 15) is 0 Å². The van der Waals surface area contributed by atoms with Crippen LogP contribution in [0.1, 0.15) is 97.5 Å². The molecule has 2 aliphatic heterocycles. The van der Waals surface area contributed by atoms with Gasteiger partial charge in [-0.3, -0.25) is 4.90 Å². The highest BCUT2D eigenvalue weighted by Gasteiger charge is 2.40. The van der Waals surface area contributed by atoms with Crippen molar-refractivity contribution < 1.29 is 0 Å². The van der Waals surface area contributed by atoms with Gasteiger partial charge < -0.3 is 9.80 Å². The molecule has 0 amide bonds. The van der Waals surface area contributed by atoms with Crippen LogP contribution in [0.15, 0.2) is 18.2 Å². The molecule has 180 valence electrons. The van der Waals surface area contributed by atoms with Gasteiger partial charge in [-0.2, -0.15) is 0 Å². The fourth-order valence-electron chi connectivity index (χ4n) is 7.28. The van der Waals surface area contributed by atoms with E-state index in [2.05, 4.69) is 67.5 Å². The molecule has 1 saturated carbocycles. The van der Waals surface area contributed by atoms with Crippen LogP contribution in [-0.2, 0) is 0 Å². The van der Waals surface area contributed by atoms with Crippen LogP contribution in [0.5, 0.6) is 0 Å². The van der Waals surface area contributed by atoms with Gasteiger partial charge in [-0.1, -0.05) is 47.5 Å². The van der Waals surface area contributed by atoms with Gasteiger partial charge in [0, 0.05) is 50.6 Å². The average Bonchev–Trinajstić information content (AvgIpc) is 3.02. The lowest BCUT2D eigenvalue weighted by atomic mass is 9.60. The molecule has 2 saturated heterocycles. The summed E-state index contributed by atoms with van der Waals surface area (Å²) in [5.41, 5.74) is 5.51. The molecule has 4 rings (SSSR count). The van der Waals surface area contributed by atoms with E-state index in [0.29, 0.717) is 16.7 Å². The first kappa shape index (κ1) is 23.9. The monoisotopic (exact) mass is 439 g/mol. The quantitative estimate of drug-likeness (QED) is 0.493. The molecule has 0 radical (unpaired) electrons. The van der Waals surface area contributed by atoms with Crippen LogP contribution in [0.4, 0.5) is 11.4 Å². The largest absolute Gasteiger partial charge is 0.372 e. The summed E-state index contributed by atoms with van der Waals surface area (Å²) in [4.78, 5) is 8.04. The summed E-state index contributed by atoms with van der Waals surface area (Å²) in [5.74, 6) is 0.671. The van der Waals surface area contributed by atoms with E-state index in [1.54, 1.807) is 11.3 Å². The Labute approximate surface area is 198 Å². The summed E-state index contributed by atoms with van der Waals surface area (Å²) >= 11 is 0. The Hall–Kier alpha value is -1.22. The average molecular weight is 440 g/mol. The summed E-state index contributed by atoms with van der Waals surface area (Å²) in [5, 5.41) is 0. The predicted molar refractivity (Wildman–Crippen MR) is 140 cm³/mol. The third-order valence-corrected chi connectivity index (χ3v) is 8.23. The van der Waals surface area contributed by atoms with Crippen LogP contribution >= 0.6 is 0 Å². The maximum absolute atomic E-state index is 2.71. The molecule has 1 aromatic carbocycles. The summed E-state index contributed by atoms with van der Waals surface area (Å²) < 4.78 is 0. The maximum atomic E-state index is 2.71. The molecule has 0 aromatic heterocycles. The van der Waals surface area contributed by atoms with Crippen molar-refractivity contribution in [3.63, 3.8) is 0 Å². The van der Waals surface area contributed by atoms with Crippen molar-refractivity contribution in [1.29, 1.82) is 0 Å². The zero-order valence-corrected chi connectivity index (χ0v) is 21.8. The van der Waals surface area contributed by atoms with E-state index in [1.165, 1.54) is 103 Å². The normalized spacial score (nSPS) is 25.0. The number of piperazine rings is 1. The molecule has 0 unspecified atom stereocenters. The lowest BCUT2D eigenvalue weighted by Gasteiger charge is -2.46. The van der Waals surface area contributed by atoms with E-state index in [0.717, 1.165) is 0 Å². The van der Waals surface area contributed by atoms with E-state index < -0.39 is 0 Å². The first-order chi connectivity index (χ1) is 15.3. The third-order valence-electron chi connectivity index (χ3n) is 8.23. The minimum Gasteiger partial charge on any atom is -0.372 e. The van der Waals surface area contributed by atoms with Crippen molar-refractivity contribution in [2.45, 2.75) is 91.9 Å². The van der Waals surface area contributed by atoms with Crippen molar-refractivity contribution in [2.75, 3.05) is 55.6 Å². The number of benzene rings is 1. The molecule has 3 fully saturated rings. The summed E-state index contributed by atoms with van der Waals surface area (Å²) in [6, 6.07) is 7.57. The highest BCUT2D eigenvalue weighted by atomic mass is 15.3. The fraction of sp³-hybridized carbons (Fsp3) is 0.793. The van der Waals surface area contributed by atoms with Crippen molar-refractivity contribution in [2.24, 2.45) is 10.8 Å². The molecule has 2 heterocycles. The second-order valence-corrected chi connectivity index (χ2v) is 12.6. The molecule has 0 spiro atoms. The number of rotatable bonds is 5. The Kier molecular flexibility index (Phi) is 7.44. The molecule has 0 bridgehead atoms. The van der Waals surface area contributed by atoms with Crippen LogP contribution in [0.25, 0.3) is 0 Å². The minimum atomic E-state index is 0.419. The number of hydrogen-bond acceptors (Lipinski definition) is 3. The van der Waals surface area contributed by atoms with Gasteiger partial charge in [0.2, 0.25) is 0 Å². The topological polar surface area (TPSA) is 9.72 Å². The van der Waals surface area contributed by atoms with Gasteiger partial charge in [-0.05, 0) is 85.6 Å². The molecule has 32 heavy (non-hydrogen) atoms. The highest BCUT2D eigenvalue weighted by Crippen LogP contribution is 2.53. The van der Waals surface area contributed by atoms with Crippen LogP contribution in [-0.4, -0.2) is 50.7 Å². The first-order valence-corrected chi connectivity index (χ1v) is 13.6. The Bertz CT molecular complexity index is 721. The molecule has 3 heteroatoms. The zero-order chi connectivity index (χ0) is 22.8. The van der Waals surface area contributed by atoms with Gasteiger partial charge >= 0.3 is 0 Å². The number of hydrogen-bond donors (Lipinski definition) is 0. The van der Waals surface area contributed by atoms with Gasteiger partial charge in [-0.15, -0.1) is 0 Å². The van der Waals surface area contributed by atoms with E-state index >= 15 is 0 Å². The zero-order valence-electron chi connectivity index (χ0n) is 21.8. The maximum Gasteiger partial charge on any atom is 0.0404 e. The molecule has 1 aromatic rings. The van der Waals surface area contributed by atoms with Crippen LogP contribution < -0.4 is 9.80 Å². The SMILES string of the molecule is CCCN1CCN(c2ccc(N3CCCCCC3)cc2C2CC(C)(C)CC(C)(C)C2)CC1. The summed E-state index contributed by atoms with van der Waals surface area (Å²) in [7, 11) is 0. The minimum absolute atomic E-state index is 0.419. The van der Waals surface area contributed by atoms with Crippen molar-refractivity contribution in [1.82, 2.24) is 4.90 Å². The summed E-state index contributed by atoms with van der Waals surface area (Å²) in [6.07, 6.45) is 10.7. The van der Waals surface area contributed by atoms with Crippen molar-refractivity contribution in [3.8, 4) is 0 Å². The molecule has 0 atom stereocenters. The third kappa shape index (κ3) is 5.82. The lowest BCUT2D eigenvalue weighted by Crippen LogP contribution is -2.47. The van der Waals surface area contributed by atoms with Gasteiger partial charge in [-0.25, -0.2) is 0 Å². The molecular weight excluding hydrogens is 390 g/mol. The van der Waals surface area contributed by atoms with Crippen LogP contribution in [0.3, 0.4) is 0 Å². The van der Waals surface area contributed by atoms with Gasteiger partial charge in [0.1, 0.15) is 0 Å². The second-order valence-electron chi connectivity index (χ2n) is 12.6. The Morgan fingerprint density at radius 3 is 2.00 bits per heavy atom. The predicted octanol–water partition coefficient (Wildman–Crippen LogP) is 6.92. The van der Waals surface area contributed by atoms with E-state index in [1.807, 2.05) is 0 Å². The smallest absolute Gasteiger partial charge is 0.0404 e. The second kappa shape index (κ2) is 9.95. The number of anilines is 2. The molecule has 1 aliphatic carbocycles. The van der Waals surface area contributed by atoms with E-state index in [-0.39, 0.29) is 0 Å². The Morgan fingerprint density at radius 1 is 0.781 bits per heavy atom. The van der Waals surface area contributed by atoms with Crippen LogP contribution in [0.2, 0.25) is 0 Å². The Morgan fingerprint density at radius 2 is 1.41 bits per heavy atom. The lowest BCUT2D eigenvalue weighted by molar-refractivity contribution is 0.0970. The molecule has 3 nitrogen and oxygen atoms in total. The fourth-order valence-corrected chi connectivity index (χ4v) is 7.28.